The SMILES string of the molecule is CCc1cc(CC(C)(C)C)cc(C(C)CC)c1CC. The van der Waals surface area contributed by atoms with Crippen molar-refractivity contribution in [3.63, 3.8) is 0 Å². The molecule has 0 heteroatoms. The maximum absolute atomic E-state index is 2.48. The van der Waals surface area contributed by atoms with Gasteiger partial charge >= 0.3 is 0 Å². The second-order valence-corrected chi connectivity index (χ2v) is 7.08. The Morgan fingerprint density at radius 2 is 1.63 bits per heavy atom. The fraction of sp³-hybridized carbons (Fsp3) is 0.684. The van der Waals surface area contributed by atoms with Crippen LogP contribution in [0, 0.1) is 5.41 Å². The van der Waals surface area contributed by atoms with E-state index in [0.717, 1.165) is 6.42 Å². The van der Waals surface area contributed by atoms with Crippen molar-refractivity contribution in [2.24, 2.45) is 5.41 Å². The second-order valence-electron chi connectivity index (χ2n) is 7.08. The van der Waals surface area contributed by atoms with Gasteiger partial charge in [-0.2, -0.15) is 0 Å². The summed E-state index contributed by atoms with van der Waals surface area (Å²) in [5.74, 6) is 0.681. The summed E-state index contributed by atoms with van der Waals surface area (Å²) in [4.78, 5) is 0. The summed E-state index contributed by atoms with van der Waals surface area (Å²) in [6, 6.07) is 4.94. The molecule has 0 N–H and O–H groups in total. The van der Waals surface area contributed by atoms with E-state index in [0.29, 0.717) is 11.3 Å². The zero-order chi connectivity index (χ0) is 14.6. The fourth-order valence-corrected chi connectivity index (χ4v) is 2.95. The molecule has 1 aromatic carbocycles. The Morgan fingerprint density at radius 3 is 2.05 bits per heavy atom. The van der Waals surface area contributed by atoms with Crippen LogP contribution in [0.3, 0.4) is 0 Å². The van der Waals surface area contributed by atoms with E-state index < -0.39 is 0 Å². The average molecular weight is 260 g/mol. The summed E-state index contributed by atoms with van der Waals surface area (Å²) in [6.45, 7) is 16.2. The number of rotatable bonds is 5. The summed E-state index contributed by atoms with van der Waals surface area (Å²) in [7, 11) is 0. The van der Waals surface area contributed by atoms with Crippen molar-refractivity contribution in [2.45, 2.75) is 80.1 Å². The predicted molar refractivity (Wildman–Crippen MR) is 87.1 cm³/mol. The maximum Gasteiger partial charge on any atom is -0.0190 e. The second kappa shape index (κ2) is 6.59. The first-order valence-electron chi connectivity index (χ1n) is 7.96. The Labute approximate surface area is 120 Å². The van der Waals surface area contributed by atoms with E-state index >= 15 is 0 Å². The van der Waals surface area contributed by atoms with Crippen molar-refractivity contribution >= 4 is 0 Å². The Morgan fingerprint density at radius 1 is 1.00 bits per heavy atom. The van der Waals surface area contributed by atoms with Gasteiger partial charge in [0.1, 0.15) is 0 Å². The zero-order valence-electron chi connectivity index (χ0n) is 14.1. The Hall–Kier alpha value is -0.780. The van der Waals surface area contributed by atoms with Crippen LogP contribution in [-0.4, -0.2) is 0 Å². The molecule has 1 rings (SSSR count). The minimum atomic E-state index is 0.367. The van der Waals surface area contributed by atoms with E-state index in [1.54, 1.807) is 16.7 Å². The van der Waals surface area contributed by atoms with Crippen molar-refractivity contribution in [2.75, 3.05) is 0 Å². The third-order valence-electron chi connectivity index (χ3n) is 4.05. The van der Waals surface area contributed by atoms with Crippen molar-refractivity contribution in [1.82, 2.24) is 0 Å². The Balaban J connectivity index is 3.29. The van der Waals surface area contributed by atoms with Crippen LogP contribution in [0.2, 0.25) is 0 Å². The summed E-state index contributed by atoms with van der Waals surface area (Å²) >= 11 is 0. The minimum absolute atomic E-state index is 0.367. The number of benzene rings is 1. The van der Waals surface area contributed by atoms with Gasteiger partial charge in [0.05, 0.1) is 0 Å². The smallest absolute Gasteiger partial charge is 0.0190 e. The molecule has 0 radical (unpaired) electrons. The molecule has 0 aliphatic carbocycles. The quantitative estimate of drug-likeness (QED) is 0.617. The fourth-order valence-electron chi connectivity index (χ4n) is 2.95. The molecule has 0 spiro atoms. The van der Waals surface area contributed by atoms with Gasteiger partial charge in [0.25, 0.3) is 0 Å². The maximum atomic E-state index is 2.48. The predicted octanol–water partition coefficient (Wildman–Crippen LogP) is 5.91. The van der Waals surface area contributed by atoms with Gasteiger partial charge in [0.15, 0.2) is 0 Å². The van der Waals surface area contributed by atoms with Crippen molar-refractivity contribution in [3.8, 4) is 0 Å². The highest BCUT2D eigenvalue weighted by atomic mass is 14.2. The first-order chi connectivity index (χ1) is 8.82. The largest absolute Gasteiger partial charge is 0.0648 e. The molecular weight excluding hydrogens is 228 g/mol. The highest BCUT2D eigenvalue weighted by Gasteiger charge is 2.16. The summed E-state index contributed by atoms with van der Waals surface area (Å²) < 4.78 is 0. The molecule has 108 valence electrons. The molecule has 0 heterocycles. The lowest BCUT2D eigenvalue weighted by molar-refractivity contribution is 0.411. The van der Waals surface area contributed by atoms with Crippen LogP contribution in [0.1, 0.15) is 83.1 Å². The molecule has 0 saturated heterocycles. The summed E-state index contributed by atoms with van der Waals surface area (Å²) in [5, 5.41) is 0. The van der Waals surface area contributed by atoms with Gasteiger partial charge in [0, 0.05) is 0 Å². The van der Waals surface area contributed by atoms with E-state index in [9.17, 15) is 0 Å². The van der Waals surface area contributed by atoms with E-state index in [2.05, 4.69) is 60.6 Å². The molecule has 0 saturated carbocycles. The average Bonchev–Trinajstić information content (AvgIpc) is 2.34. The van der Waals surface area contributed by atoms with E-state index in [1.807, 2.05) is 0 Å². The van der Waals surface area contributed by atoms with Crippen LogP contribution in [0.5, 0.6) is 0 Å². The first-order valence-corrected chi connectivity index (χ1v) is 7.96. The summed E-state index contributed by atoms with van der Waals surface area (Å²) in [6.07, 6.45) is 4.73. The molecule has 0 aliphatic rings. The lowest BCUT2D eigenvalue weighted by Crippen LogP contribution is -2.11. The zero-order valence-corrected chi connectivity index (χ0v) is 14.1. The molecule has 0 nitrogen and oxygen atoms in total. The molecule has 0 aliphatic heterocycles. The number of hydrogen-bond acceptors (Lipinski definition) is 0. The van der Waals surface area contributed by atoms with Gasteiger partial charge in [-0.15, -0.1) is 0 Å². The third kappa shape index (κ3) is 4.37. The number of hydrogen-bond donors (Lipinski definition) is 0. The van der Waals surface area contributed by atoms with Crippen LogP contribution >= 0.6 is 0 Å². The Bertz CT molecular complexity index is 407. The van der Waals surface area contributed by atoms with Crippen LogP contribution in [0.4, 0.5) is 0 Å². The van der Waals surface area contributed by atoms with E-state index in [1.165, 1.54) is 24.8 Å². The highest BCUT2D eigenvalue weighted by molar-refractivity contribution is 5.41. The van der Waals surface area contributed by atoms with Crippen LogP contribution in [0.15, 0.2) is 12.1 Å². The van der Waals surface area contributed by atoms with Crippen LogP contribution in [-0.2, 0) is 19.3 Å². The topological polar surface area (TPSA) is 0 Å². The molecule has 1 aromatic rings. The van der Waals surface area contributed by atoms with Crippen LogP contribution in [0.25, 0.3) is 0 Å². The normalized spacial score (nSPS) is 13.6. The number of aryl methyl sites for hydroxylation is 1. The Kier molecular flexibility index (Phi) is 5.64. The molecule has 1 unspecified atom stereocenters. The lowest BCUT2D eigenvalue weighted by atomic mass is 9.82. The van der Waals surface area contributed by atoms with Gasteiger partial charge < -0.3 is 0 Å². The van der Waals surface area contributed by atoms with Crippen LogP contribution < -0.4 is 0 Å². The minimum Gasteiger partial charge on any atom is -0.0648 e. The highest BCUT2D eigenvalue weighted by Crippen LogP contribution is 2.30. The molecule has 19 heavy (non-hydrogen) atoms. The van der Waals surface area contributed by atoms with Crippen molar-refractivity contribution < 1.29 is 0 Å². The standard InChI is InChI=1S/C19H32/c1-8-14(4)18-12-15(13-19(5,6)7)11-16(9-2)17(18)10-3/h11-12,14H,8-10,13H2,1-7H3. The summed E-state index contributed by atoms with van der Waals surface area (Å²) in [5.41, 5.74) is 6.67. The van der Waals surface area contributed by atoms with Gasteiger partial charge in [-0.1, -0.05) is 60.6 Å². The van der Waals surface area contributed by atoms with Gasteiger partial charge in [-0.25, -0.2) is 0 Å². The first kappa shape index (κ1) is 16.3. The third-order valence-corrected chi connectivity index (χ3v) is 4.05. The monoisotopic (exact) mass is 260 g/mol. The van der Waals surface area contributed by atoms with Gasteiger partial charge in [-0.05, 0) is 59.3 Å². The molecule has 0 fully saturated rings. The molecule has 0 amide bonds. The molecule has 0 aromatic heterocycles. The molecule has 1 atom stereocenters. The molecular formula is C19H32. The van der Waals surface area contributed by atoms with Crippen molar-refractivity contribution in [1.29, 1.82) is 0 Å². The van der Waals surface area contributed by atoms with E-state index in [-0.39, 0.29) is 0 Å². The van der Waals surface area contributed by atoms with Crippen molar-refractivity contribution in [3.05, 3.63) is 34.4 Å². The van der Waals surface area contributed by atoms with Gasteiger partial charge in [0.2, 0.25) is 0 Å². The van der Waals surface area contributed by atoms with Gasteiger partial charge in [-0.3, -0.25) is 0 Å². The molecule has 0 bridgehead atoms. The lowest BCUT2D eigenvalue weighted by Gasteiger charge is -2.23. The van der Waals surface area contributed by atoms with E-state index in [4.69, 9.17) is 0 Å².